The van der Waals surface area contributed by atoms with Crippen LogP contribution in [0.4, 0.5) is 0 Å². The molecule has 5 heteroatoms. The number of nitrogens with zero attached hydrogens (tertiary/aromatic N) is 2. The van der Waals surface area contributed by atoms with Crippen LogP contribution in [0.2, 0.25) is 5.02 Å². The van der Waals surface area contributed by atoms with Crippen LogP contribution in [0.15, 0.2) is 30.5 Å². The van der Waals surface area contributed by atoms with Gasteiger partial charge in [0.25, 0.3) is 0 Å². The summed E-state index contributed by atoms with van der Waals surface area (Å²) < 4.78 is 5.07. The SMILES string of the molecule is CCOC(=O)c1cnc(-c2ccc(Cl)cc2)nc1C1CC1. The van der Waals surface area contributed by atoms with Crippen LogP contribution in [0.3, 0.4) is 0 Å². The summed E-state index contributed by atoms with van der Waals surface area (Å²) >= 11 is 5.89. The topological polar surface area (TPSA) is 52.1 Å². The number of benzene rings is 1. The van der Waals surface area contributed by atoms with E-state index >= 15 is 0 Å². The van der Waals surface area contributed by atoms with Crippen molar-refractivity contribution >= 4 is 17.6 Å². The number of hydrogen-bond donors (Lipinski definition) is 0. The zero-order valence-corrected chi connectivity index (χ0v) is 12.4. The van der Waals surface area contributed by atoms with Crippen molar-refractivity contribution in [3.05, 3.63) is 46.7 Å². The summed E-state index contributed by atoms with van der Waals surface area (Å²) in [6.07, 6.45) is 3.69. The van der Waals surface area contributed by atoms with Gasteiger partial charge in [0, 0.05) is 22.7 Å². The minimum atomic E-state index is -0.345. The molecule has 21 heavy (non-hydrogen) atoms. The molecule has 108 valence electrons. The van der Waals surface area contributed by atoms with E-state index in [1.165, 1.54) is 0 Å². The number of aromatic nitrogens is 2. The molecule has 1 saturated carbocycles. The van der Waals surface area contributed by atoms with Gasteiger partial charge in [0.2, 0.25) is 0 Å². The zero-order chi connectivity index (χ0) is 14.8. The van der Waals surface area contributed by atoms with Crippen molar-refractivity contribution in [3.8, 4) is 11.4 Å². The highest BCUT2D eigenvalue weighted by molar-refractivity contribution is 6.30. The van der Waals surface area contributed by atoms with Gasteiger partial charge in [0.1, 0.15) is 0 Å². The lowest BCUT2D eigenvalue weighted by Crippen LogP contribution is -2.11. The number of esters is 1. The van der Waals surface area contributed by atoms with E-state index < -0.39 is 0 Å². The van der Waals surface area contributed by atoms with E-state index in [2.05, 4.69) is 9.97 Å². The van der Waals surface area contributed by atoms with Gasteiger partial charge in [-0.1, -0.05) is 11.6 Å². The summed E-state index contributed by atoms with van der Waals surface area (Å²) in [6.45, 7) is 2.14. The Bertz CT molecular complexity index is 666. The quantitative estimate of drug-likeness (QED) is 0.805. The van der Waals surface area contributed by atoms with Gasteiger partial charge in [0.15, 0.2) is 5.82 Å². The third-order valence-corrected chi connectivity index (χ3v) is 3.63. The van der Waals surface area contributed by atoms with E-state index in [0.29, 0.717) is 28.9 Å². The lowest BCUT2D eigenvalue weighted by molar-refractivity contribution is 0.0524. The smallest absolute Gasteiger partial charge is 0.341 e. The van der Waals surface area contributed by atoms with Gasteiger partial charge in [0.05, 0.1) is 17.9 Å². The fraction of sp³-hybridized carbons (Fsp3) is 0.312. The van der Waals surface area contributed by atoms with Gasteiger partial charge in [-0.25, -0.2) is 14.8 Å². The highest BCUT2D eigenvalue weighted by Crippen LogP contribution is 2.41. The Morgan fingerprint density at radius 2 is 2.05 bits per heavy atom. The van der Waals surface area contributed by atoms with Gasteiger partial charge < -0.3 is 4.74 Å². The number of rotatable bonds is 4. The molecule has 1 aliphatic rings. The molecule has 0 spiro atoms. The van der Waals surface area contributed by atoms with Gasteiger partial charge in [-0.05, 0) is 44.0 Å². The van der Waals surface area contributed by atoms with Gasteiger partial charge >= 0.3 is 5.97 Å². The molecule has 1 aliphatic carbocycles. The fourth-order valence-corrected chi connectivity index (χ4v) is 2.29. The Kier molecular flexibility index (Phi) is 3.88. The Balaban J connectivity index is 1.99. The minimum Gasteiger partial charge on any atom is -0.462 e. The van der Waals surface area contributed by atoms with E-state index in [-0.39, 0.29) is 5.97 Å². The van der Waals surface area contributed by atoms with Crippen LogP contribution in [0, 0.1) is 0 Å². The molecule has 4 nitrogen and oxygen atoms in total. The van der Waals surface area contributed by atoms with Crippen LogP contribution in [-0.2, 0) is 4.74 Å². The summed E-state index contributed by atoms with van der Waals surface area (Å²) in [7, 11) is 0. The van der Waals surface area contributed by atoms with E-state index in [1.54, 1.807) is 25.3 Å². The normalized spacial score (nSPS) is 14.0. The first-order valence-electron chi connectivity index (χ1n) is 6.99. The van der Waals surface area contributed by atoms with E-state index in [4.69, 9.17) is 16.3 Å². The number of halogens is 1. The first-order chi connectivity index (χ1) is 10.2. The molecule has 1 aromatic carbocycles. The standard InChI is InChI=1S/C16H15ClN2O2/c1-2-21-16(20)13-9-18-15(19-14(13)10-3-4-10)11-5-7-12(17)8-6-11/h5-10H,2-4H2,1H3. The second-order valence-electron chi connectivity index (χ2n) is 4.99. The second kappa shape index (κ2) is 5.82. The lowest BCUT2D eigenvalue weighted by Gasteiger charge is -2.09. The van der Waals surface area contributed by atoms with Gasteiger partial charge in [-0.3, -0.25) is 0 Å². The van der Waals surface area contributed by atoms with Gasteiger partial charge in [-0.2, -0.15) is 0 Å². The first-order valence-corrected chi connectivity index (χ1v) is 7.37. The first kappa shape index (κ1) is 14.0. The summed E-state index contributed by atoms with van der Waals surface area (Å²) in [6, 6.07) is 7.35. The molecular formula is C16H15ClN2O2. The maximum absolute atomic E-state index is 12.0. The molecule has 2 aromatic rings. The van der Waals surface area contributed by atoms with Crippen LogP contribution in [0.1, 0.15) is 41.7 Å². The van der Waals surface area contributed by atoms with Crippen molar-refractivity contribution in [1.82, 2.24) is 9.97 Å². The van der Waals surface area contributed by atoms with Crippen molar-refractivity contribution < 1.29 is 9.53 Å². The zero-order valence-electron chi connectivity index (χ0n) is 11.7. The Labute approximate surface area is 128 Å². The van der Waals surface area contributed by atoms with Crippen molar-refractivity contribution in [3.63, 3.8) is 0 Å². The van der Waals surface area contributed by atoms with Crippen LogP contribution in [0.5, 0.6) is 0 Å². The molecular weight excluding hydrogens is 288 g/mol. The van der Waals surface area contributed by atoms with Crippen LogP contribution >= 0.6 is 11.6 Å². The molecule has 1 aromatic heterocycles. The predicted octanol–water partition coefficient (Wildman–Crippen LogP) is 3.85. The fourth-order valence-electron chi connectivity index (χ4n) is 2.17. The third-order valence-electron chi connectivity index (χ3n) is 3.38. The molecule has 0 atom stereocenters. The summed E-state index contributed by atoms with van der Waals surface area (Å²) in [5, 5.41) is 0.671. The number of carbonyl (C=O) groups excluding carboxylic acids is 1. The average molecular weight is 303 g/mol. The molecule has 3 rings (SSSR count). The molecule has 0 aliphatic heterocycles. The Hall–Kier alpha value is -1.94. The van der Waals surface area contributed by atoms with Crippen molar-refractivity contribution in [2.45, 2.75) is 25.7 Å². The molecule has 0 radical (unpaired) electrons. The summed E-state index contributed by atoms with van der Waals surface area (Å²) in [5.74, 6) is 0.613. The lowest BCUT2D eigenvalue weighted by atomic mass is 10.1. The maximum Gasteiger partial charge on any atom is 0.341 e. The molecule has 0 amide bonds. The molecule has 1 fully saturated rings. The minimum absolute atomic E-state index is 0.345. The van der Waals surface area contributed by atoms with E-state index in [9.17, 15) is 4.79 Å². The highest BCUT2D eigenvalue weighted by Gasteiger charge is 2.31. The van der Waals surface area contributed by atoms with Crippen molar-refractivity contribution in [2.75, 3.05) is 6.61 Å². The highest BCUT2D eigenvalue weighted by atomic mass is 35.5. The molecule has 0 N–H and O–H groups in total. The maximum atomic E-state index is 12.0. The van der Waals surface area contributed by atoms with E-state index in [1.807, 2.05) is 12.1 Å². The van der Waals surface area contributed by atoms with E-state index in [0.717, 1.165) is 24.1 Å². The van der Waals surface area contributed by atoms with Crippen LogP contribution in [-0.4, -0.2) is 22.5 Å². The van der Waals surface area contributed by atoms with Crippen LogP contribution < -0.4 is 0 Å². The molecule has 0 bridgehead atoms. The van der Waals surface area contributed by atoms with Crippen LogP contribution in [0.25, 0.3) is 11.4 Å². The number of ether oxygens (including phenoxy) is 1. The van der Waals surface area contributed by atoms with Crippen molar-refractivity contribution in [2.24, 2.45) is 0 Å². The van der Waals surface area contributed by atoms with Gasteiger partial charge in [-0.15, -0.1) is 0 Å². The van der Waals surface area contributed by atoms with Crippen molar-refractivity contribution in [1.29, 1.82) is 0 Å². The number of hydrogen-bond acceptors (Lipinski definition) is 4. The Morgan fingerprint density at radius 3 is 2.67 bits per heavy atom. The summed E-state index contributed by atoms with van der Waals surface area (Å²) in [5.41, 5.74) is 2.17. The third kappa shape index (κ3) is 3.05. The molecule has 0 unspecified atom stereocenters. The number of carbonyl (C=O) groups is 1. The largest absolute Gasteiger partial charge is 0.462 e. The monoisotopic (exact) mass is 302 g/mol. The average Bonchev–Trinajstić information content (AvgIpc) is 3.32. The Morgan fingerprint density at radius 1 is 1.33 bits per heavy atom. The molecule has 1 heterocycles. The summed E-state index contributed by atoms with van der Waals surface area (Å²) in [4.78, 5) is 20.9. The predicted molar refractivity (Wildman–Crippen MR) is 80.4 cm³/mol. The molecule has 0 saturated heterocycles. The second-order valence-corrected chi connectivity index (χ2v) is 5.43.